The number of pyridine rings is 2. The first kappa shape index (κ1) is 48.2. The molecular weight excluding hydrogens is 1030 g/mol. The molecule has 0 aliphatic carbocycles. The predicted octanol–water partition coefficient (Wildman–Crippen LogP) is 2.56. The molecule has 0 aromatic carbocycles. The molecule has 0 unspecified atom stereocenters. The Balaban J connectivity index is 1.87. The fourth-order valence-corrected chi connectivity index (χ4v) is 10.8. The van der Waals surface area contributed by atoms with Crippen LogP contribution in [0.3, 0.4) is 0 Å². The third-order valence-electron chi connectivity index (χ3n) is 7.46. The number of aromatic nitrogens is 2. The molecule has 4 aliphatic heterocycles. The Hall–Kier alpha value is -2.17. The second-order valence-corrected chi connectivity index (χ2v) is 19.9. The van der Waals surface area contributed by atoms with Crippen molar-refractivity contribution in [1.29, 1.82) is 0 Å². The van der Waals surface area contributed by atoms with Crippen molar-refractivity contribution >= 4 is 114 Å². The van der Waals surface area contributed by atoms with Gasteiger partial charge in [0, 0.05) is 97.0 Å². The zero-order valence-electron chi connectivity index (χ0n) is 31.2. The number of nitrogens with one attached hydrogen (secondary N) is 5. The van der Waals surface area contributed by atoms with Crippen molar-refractivity contribution in [2.45, 2.75) is 36.4 Å². The first-order chi connectivity index (χ1) is 26.8. The molecule has 0 atom stereocenters. The van der Waals surface area contributed by atoms with E-state index in [-0.39, 0.29) is 78.5 Å². The third kappa shape index (κ3) is 16.2. The maximum atomic E-state index is 13.3. The monoisotopic (exact) mass is 1080 g/mol. The average molecular weight is 1080 g/mol. The lowest BCUT2D eigenvalue weighted by molar-refractivity contribution is -0.933. The molecule has 56 heavy (non-hydrogen) atoms. The molecule has 23 heteroatoms. The van der Waals surface area contributed by atoms with E-state index in [4.69, 9.17) is 9.47 Å². The summed E-state index contributed by atoms with van der Waals surface area (Å²) in [6.45, 7) is 7.20. The summed E-state index contributed by atoms with van der Waals surface area (Å²) < 4.78 is 12.4. The van der Waals surface area contributed by atoms with Crippen LogP contribution in [0.1, 0.15) is 62.5 Å². The van der Waals surface area contributed by atoms with Gasteiger partial charge in [0.15, 0.2) is 0 Å². The van der Waals surface area contributed by atoms with Gasteiger partial charge in [0.1, 0.15) is 16.7 Å². The Morgan fingerprint density at radius 2 is 1.21 bits per heavy atom. The Morgan fingerprint density at radius 1 is 0.768 bits per heavy atom. The smallest absolute Gasteiger partial charge is 0.407 e. The highest BCUT2D eigenvalue weighted by Gasteiger charge is 2.32. The standard InChI is InChI=1S/C33H46I2N8O9S4/c1-33(2,3)52-32(48)40-10-15-41-13-8-36-28(46)24-6-4-22(30(42(24)49)53-18-20-55-34)26(44)38-11-16-51-17-12-39-27(45)23-5-7-25(29(47)37-9-14-41)43(50)31(23)54-19-21-56-35/h4-7H,8-21H2,1-3H3,(H5-2,36,37,38,39,40,44,45,46,47,48,49,50)/p+2. The van der Waals surface area contributed by atoms with Gasteiger partial charge in [-0.15, -0.1) is 0 Å². The molecule has 4 bridgehead atoms. The second kappa shape index (κ2) is 25.3. The summed E-state index contributed by atoms with van der Waals surface area (Å²) in [5.74, 6) is 0.523. The fraction of sp³-hybridized carbons (Fsp3) is 0.545. The Bertz CT molecular complexity index is 1580. The summed E-state index contributed by atoms with van der Waals surface area (Å²) in [6, 6.07) is 5.72. The van der Waals surface area contributed by atoms with E-state index < -0.39 is 35.3 Å². The number of carbonyl (C=O) groups is 5. The number of alkyl carbamates (subject to hydrolysis) is 1. The lowest BCUT2D eigenvalue weighted by Gasteiger charge is -2.24. The summed E-state index contributed by atoms with van der Waals surface area (Å²) in [5, 5.41) is 36.6. The van der Waals surface area contributed by atoms with Crippen LogP contribution in [-0.2, 0) is 9.47 Å². The molecular formula is C33H48I2N8O9S4+2. The molecule has 0 saturated carbocycles. The Morgan fingerprint density at radius 3 is 1.64 bits per heavy atom. The van der Waals surface area contributed by atoms with Gasteiger partial charge in [-0.1, -0.05) is 41.4 Å². The second-order valence-electron chi connectivity index (χ2n) is 12.7. The highest BCUT2D eigenvalue weighted by Crippen LogP contribution is 2.24. The van der Waals surface area contributed by atoms with Crippen molar-refractivity contribution in [3.8, 4) is 0 Å². The quantitative estimate of drug-likeness (QED) is 0.0567. The van der Waals surface area contributed by atoms with E-state index in [1.807, 2.05) is 4.90 Å². The van der Waals surface area contributed by atoms with Crippen LogP contribution < -0.4 is 36.0 Å². The van der Waals surface area contributed by atoms with Gasteiger partial charge in [0.05, 0.1) is 13.2 Å². The molecule has 6 rings (SSSR count). The van der Waals surface area contributed by atoms with Crippen molar-refractivity contribution in [2.75, 3.05) is 88.6 Å². The molecule has 0 spiro atoms. The van der Waals surface area contributed by atoms with Crippen molar-refractivity contribution in [3.05, 3.63) is 46.8 Å². The molecule has 0 radical (unpaired) electrons. The van der Waals surface area contributed by atoms with E-state index in [2.05, 4.69) is 69.0 Å². The van der Waals surface area contributed by atoms with E-state index in [9.17, 15) is 34.4 Å². The Labute approximate surface area is 367 Å². The molecule has 5 amide bonds. The van der Waals surface area contributed by atoms with E-state index in [1.54, 1.807) is 38.6 Å². The maximum absolute atomic E-state index is 13.3. The number of thioether (sulfide) groups is 2. The van der Waals surface area contributed by atoms with Crippen LogP contribution in [0, 0.1) is 0 Å². The number of ether oxygens (including phenoxy) is 2. The maximum Gasteiger partial charge on any atom is 0.407 e. The topological polar surface area (TPSA) is 215 Å². The van der Waals surface area contributed by atoms with Crippen LogP contribution in [0.4, 0.5) is 4.79 Å². The summed E-state index contributed by atoms with van der Waals surface area (Å²) in [7, 11) is 3.15. The number of hydrogen-bond donors (Lipinski definition) is 7. The number of carbonyl (C=O) groups excluding carboxylic acids is 5. The van der Waals surface area contributed by atoms with E-state index in [0.717, 1.165) is 21.0 Å². The fourth-order valence-electron chi connectivity index (χ4n) is 4.93. The van der Waals surface area contributed by atoms with Crippen LogP contribution in [0.2, 0.25) is 0 Å². The minimum absolute atomic E-state index is 0.0719. The summed E-state index contributed by atoms with van der Waals surface area (Å²) in [6.07, 6.45) is -0.588. The van der Waals surface area contributed by atoms with Gasteiger partial charge in [-0.05, 0) is 75.3 Å². The first-order valence-electron chi connectivity index (χ1n) is 17.5. The number of rotatable bonds is 11. The summed E-state index contributed by atoms with van der Waals surface area (Å²) >= 11 is 6.81. The lowest BCUT2D eigenvalue weighted by atomic mass is 10.2. The zero-order chi connectivity index (χ0) is 41.1. The minimum atomic E-state index is -0.682. The number of hydrogen-bond acceptors (Lipinski definition) is 14. The summed E-state index contributed by atoms with van der Waals surface area (Å²) in [5.41, 5.74) is -0.456. The van der Waals surface area contributed by atoms with Gasteiger partial charge in [-0.25, -0.2) is 4.79 Å². The summed E-state index contributed by atoms with van der Waals surface area (Å²) in [4.78, 5) is 67.3. The van der Waals surface area contributed by atoms with E-state index in [0.29, 0.717) is 31.1 Å². The van der Waals surface area contributed by atoms with Crippen molar-refractivity contribution < 1.29 is 53.3 Å². The molecule has 17 nitrogen and oxygen atoms in total. The number of amides is 5. The van der Waals surface area contributed by atoms with Crippen LogP contribution in [0.25, 0.3) is 0 Å². The normalized spacial score (nSPS) is 15.8. The van der Waals surface area contributed by atoms with Gasteiger partial charge in [-0.3, -0.25) is 34.5 Å². The van der Waals surface area contributed by atoms with Crippen LogP contribution in [0.5, 0.6) is 0 Å². The van der Waals surface area contributed by atoms with Gasteiger partial charge < -0.3 is 36.1 Å². The van der Waals surface area contributed by atoms with E-state index >= 15 is 0 Å². The lowest BCUT2D eigenvalue weighted by Crippen LogP contribution is -2.48. The average Bonchev–Trinajstić information content (AvgIpc) is 3.14. The van der Waals surface area contributed by atoms with Crippen LogP contribution in [0.15, 0.2) is 34.3 Å². The highest BCUT2D eigenvalue weighted by molar-refractivity contribution is 14.2. The van der Waals surface area contributed by atoms with Crippen molar-refractivity contribution in [2.24, 2.45) is 0 Å². The molecule has 4 aliphatic rings. The SMILES string of the molecule is CC(C)(C)OC(=O)NCCN1CCNC(=O)c2ccc(c(SCCSI)[n+]2O)C(=O)NCCOCCNC(=O)c2ccc([n+](O)c2SCCSI)C(=O)NCC1. The van der Waals surface area contributed by atoms with Crippen molar-refractivity contribution in [3.63, 3.8) is 0 Å². The largest absolute Gasteiger partial charge is 0.444 e. The molecule has 0 fully saturated rings. The van der Waals surface area contributed by atoms with Crippen LogP contribution in [-0.4, -0.2) is 139 Å². The highest BCUT2D eigenvalue weighted by atomic mass is 127. The number of nitrogens with zero attached hydrogens (tertiary/aromatic N) is 3. The predicted molar refractivity (Wildman–Crippen MR) is 233 cm³/mol. The molecule has 6 heterocycles. The van der Waals surface area contributed by atoms with Crippen LogP contribution >= 0.6 is 83.8 Å². The minimum Gasteiger partial charge on any atom is -0.444 e. The third-order valence-corrected chi connectivity index (χ3v) is 13.5. The molecule has 310 valence electrons. The van der Waals surface area contributed by atoms with Crippen molar-refractivity contribution in [1.82, 2.24) is 31.5 Å². The zero-order valence-corrected chi connectivity index (χ0v) is 38.8. The first-order valence-corrected chi connectivity index (χ1v) is 26.5. The Kier molecular flexibility index (Phi) is 21.8. The molecule has 0 saturated heterocycles. The molecule has 2 aromatic rings. The van der Waals surface area contributed by atoms with Gasteiger partial charge in [0.25, 0.3) is 11.8 Å². The van der Waals surface area contributed by atoms with E-state index in [1.165, 1.54) is 47.8 Å². The van der Waals surface area contributed by atoms with Gasteiger partial charge in [0.2, 0.25) is 0 Å². The number of halogens is 2. The van der Waals surface area contributed by atoms with Gasteiger partial charge >= 0.3 is 39.3 Å². The molecule has 2 aromatic heterocycles. The van der Waals surface area contributed by atoms with Gasteiger partial charge in [-0.2, -0.15) is 0 Å². The molecule has 7 N–H and O–H groups in total.